The van der Waals surface area contributed by atoms with E-state index in [1.54, 1.807) is 31.2 Å². The van der Waals surface area contributed by atoms with Gasteiger partial charge in [0.05, 0.1) is 7.11 Å². The molecule has 0 saturated carbocycles. The second-order valence-electron chi connectivity index (χ2n) is 6.45. The molecule has 0 aromatic heterocycles. The number of likely N-dealkylation sites (N-methyl/N-ethyl adjacent to an activating group) is 1. The van der Waals surface area contributed by atoms with Gasteiger partial charge in [-0.25, -0.2) is 4.39 Å². The van der Waals surface area contributed by atoms with Crippen LogP contribution >= 0.6 is 0 Å². The molecule has 0 spiro atoms. The van der Waals surface area contributed by atoms with Crippen molar-refractivity contribution in [2.45, 2.75) is 6.54 Å². The Kier molecular flexibility index (Phi) is 6.22. The lowest BCUT2D eigenvalue weighted by molar-refractivity contribution is -0.124. The van der Waals surface area contributed by atoms with Gasteiger partial charge in [-0.2, -0.15) is 0 Å². The molecule has 3 aromatic rings. The minimum atomic E-state index is -0.293. The first-order valence-corrected chi connectivity index (χ1v) is 8.98. The van der Waals surface area contributed by atoms with Crippen LogP contribution in [0.3, 0.4) is 0 Å². The molecule has 4 heteroatoms. The van der Waals surface area contributed by atoms with Crippen molar-refractivity contribution >= 4 is 17.6 Å². The first-order valence-electron chi connectivity index (χ1n) is 8.98. The van der Waals surface area contributed by atoms with E-state index in [0.717, 1.165) is 16.7 Å². The SMILES string of the molecule is COc1ccccc1/C=C(/C(=O)N(C)Cc1ccc(F)cc1)c1ccccc1. The second-order valence-corrected chi connectivity index (χ2v) is 6.45. The van der Waals surface area contributed by atoms with Gasteiger partial charge in [0, 0.05) is 24.7 Å². The van der Waals surface area contributed by atoms with Crippen LogP contribution in [0.5, 0.6) is 5.75 Å². The van der Waals surface area contributed by atoms with Gasteiger partial charge in [-0.05, 0) is 35.4 Å². The van der Waals surface area contributed by atoms with Crippen molar-refractivity contribution in [3.8, 4) is 5.75 Å². The molecule has 0 fully saturated rings. The van der Waals surface area contributed by atoms with Crippen LogP contribution in [-0.4, -0.2) is 25.0 Å². The van der Waals surface area contributed by atoms with Crippen LogP contribution in [0, 0.1) is 5.82 Å². The third kappa shape index (κ3) is 4.65. The number of para-hydroxylation sites is 1. The normalized spacial score (nSPS) is 11.2. The van der Waals surface area contributed by atoms with Gasteiger partial charge in [0.15, 0.2) is 0 Å². The Morgan fingerprint density at radius 1 is 0.964 bits per heavy atom. The quantitative estimate of drug-likeness (QED) is 0.447. The van der Waals surface area contributed by atoms with Crippen LogP contribution < -0.4 is 4.74 Å². The molecular formula is C24H22FNO2. The zero-order valence-corrected chi connectivity index (χ0v) is 15.9. The Morgan fingerprint density at radius 3 is 2.29 bits per heavy atom. The van der Waals surface area contributed by atoms with Gasteiger partial charge in [-0.15, -0.1) is 0 Å². The molecule has 0 atom stereocenters. The lowest BCUT2D eigenvalue weighted by Gasteiger charge is -2.20. The fourth-order valence-electron chi connectivity index (χ4n) is 2.97. The number of amides is 1. The molecule has 0 heterocycles. The van der Waals surface area contributed by atoms with Crippen LogP contribution in [0.25, 0.3) is 11.6 Å². The van der Waals surface area contributed by atoms with Gasteiger partial charge in [0.2, 0.25) is 0 Å². The zero-order valence-electron chi connectivity index (χ0n) is 15.9. The van der Waals surface area contributed by atoms with E-state index in [0.29, 0.717) is 17.9 Å². The van der Waals surface area contributed by atoms with Crippen LogP contribution in [0.4, 0.5) is 4.39 Å². The molecule has 1 amide bonds. The number of methoxy groups -OCH3 is 1. The van der Waals surface area contributed by atoms with Crippen molar-refractivity contribution in [1.82, 2.24) is 4.90 Å². The second kappa shape index (κ2) is 9.00. The van der Waals surface area contributed by atoms with Crippen molar-refractivity contribution in [2.24, 2.45) is 0 Å². The first kappa shape index (κ1) is 19.4. The summed E-state index contributed by atoms with van der Waals surface area (Å²) < 4.78 is 18.6. The highest BCUT2D eigenvalue weighted by Gasteiger charge is 2.18. The molecular weight excluding hydrogens is 353 g/mol. The lowest BCUT2D eigenvalue weighted by atomic mass is 10.0. The summed E-state index contributed by atoms with van der Waals surface area (Å²) in [4.78, 5) is 14.9. The summed E-state index contributed by atoms with van der Waals surface area (Å²) in [7, 11) is 3.35. The molecule has 0 bridgehead atoms. The predicted molar refractivity (Wildman–Crippen MR) is 110 cm³/mol. The summed E-state index contributed by atoms with van der Waals surface area (Å²) in [6.45, 7) is 0.384. The van der Waals surface area contributed by atoms with Gasteiger partial charge < -0.3 is 9.64 Å². The average Bonchev–Trinajstić information content (AvgIpc) is 2.74. The van der Waals surface area contributed by atoms with E-state index >= 15 is 0 Å². The van der Waals surface area contributed by atoms with E-state index < -0.39 is 0 Å². The first-order chi connectivity index (χ1) is 13.6. The average molecular weight is 375 g/mol. The number of hydrogen-bond acceptors (Lipinski definition) is 2. The van der Waals surface area contributed by atoms with E-state index in [4.69, 9.17) is 4.74 Å². The standard InChI is InChI=1S/C24H22FNO2/c1-26(17-18-12-14-21(25)15-13-18)24(27)22(19-8-4-3-5-9-19)16-20-10-6-7-11-23(20)28-2/h3-16H,17H2,1-2H3/b22-16+. The minimum Gasteiger partial charge on any atom is -0.496 e. The van der Waals surface area contributed by atoms with Gasteiger partial charge >= 0.3 is 0 Å². The Morgan fingerprint density at radius 2 is 1.61 bits per heavy atom. The number of carbonyl (C=O) groups is 1. The maximum absolute atomic E-state index is 13.3. The highest BCUT2D eigenvalue weighted by atomic mass is 19.1. The molecule has 142 valence electrons. The topological polar surface area (TPSA) is 29.5 Å². The molecule has 0 aliphatic heterocycles. The van der Waals surface area contributed by atoms with E-state index in [1.807, 2.05) is 60.7 Å². The third-order valence-electron chi connectivity index (χ3n) is 4.43. The summed E-state index contributed by atoms with van der Waals surface area (Å²) in [6, 6.07) is 23.3. The minimum absolute atomic E-state index is 0.124. The Hall–Kier alpha value is -3.40. The fraction of sp³-hybridized carbons (Fsp3) is 0.125. The van der Waals surface area contributed by atoms with Crippen LogP contribution in [0.2, 0.25) is 0 Å². The van der Waals surface area contributed by atoms with Crippen molar-refractivity contribution in [2.75, 3.05) is 14.2 Å². The molecule has 28 heavy (non-hydrogen) atoms. The predicted octanol–water partition coefficient (Wildman–Crippen LogP) is 5.03. The summed E-state index contributed by atoms with van der Waals surface area (Å²) in [5, 5.41) is 0. The molecule has 3 rings (SSSR count). The highest BCUT2D eigenvalue weighted by molar-refractivity contribution is 6.24. The maximum atomic E-state index is 13.3. The monoisotopic (exact) mass is 375 g/mol. The summed E-state index contributed by atoms with van der Waals surface area (Å²) in [6.07, 6.45) is 1.84. The van der Waals surface area contributed by atoms with Crippen LogP contribution in [0.15, 0.2) is 78.9 Å². The third-order valence-corrected chi connectivity index (χ3v) is 4.43. The number of carbonyl (C=O) groups excluding carboxylic acids is 1. The summed E-state index contributed by atoms with van der Waals surface area (Å²) in [5.74, 6) is 0.283. The van der Waals surface area contributed by atoms with Crippen molar-refractivity contribution in [3.05, 3.63) is 101 Å². The smallest absolute Gasteiger partial charge is 0.254 e. The van der Waals surface area contributed by atoms with E-state index in [2.05, 4.69) is 0 Å². The molecule has 3 aromatic carbocycles. The Labute approximate surface area is 164 Å². The molecule has 0 radical (unpaired) electrons. The van der Waals surface area contributed by atoms with Crippen molar-refractivity contribution < 1.29 is 13.9 Å². The van der Waals surface area contributed by atoms with E-state index in [1.165, 1.54) is 12.1 Å². The fourth-order valence-corrected chi connectivity index (χ4v) is 2.97. The van der Waals surface area contributed by atoms with Crippen LogP contribution in [-0.2, 0) is 11.3 Å². The molecule has 0 N–H and O–H groups in total. The zero-order chi connectivity index (χ0) is 19.9. The van der Waals surface area contributed by atoms with Crippen molar-refractivity contribution in [3.63, 3.8) is 0 Å². The molecule has 0 unspecified atom stereocenters. The van der Waals surface area contributed by atoms with E-state index in [9.17, 15) is 9.18 Å². The Balaban J connectivity index is 1.95. The lowest BCUT2D eigenvalue weighted by Crippen LogP contribution is -2.27. The summed E-state index contributed by atoms with van der Waals surface area (Å²) >= 11 is 0. The molecule has 3 nitrogen and oxygen atoms in total. The number of benzene rings is 3. The van der Waals surface area contributed by atoms with Crippen LogP contribution in [0.1, 0.15) is 16.7 Å². The summed E-state index contributed by atoms with van der Waals surface area (Å²) in [5.41, 5.74) is 3.08. The van der Waals surface area contributed by atoms with E-state index in [-0.39, 0.29) is 11.7 Å². The number of halogens is 1. The van der Waals surface area contributed by atoms with Crippen molar-refractivity contribution in [1.29, 1.82) is 0 Å². The Bertz CT molecular complexity index is 965. The molecule has 0 aliphatic carbocycles. The van der Waals surface area contributed by atoms with Gasteiger partial charge in [-0.3, -0.25) is 4.79 Å². The number of ether oxygens (including phenoxy) is 1. The van der Waals surface area contributed by atoms with Gasteiger partial charge in [0.1, 0.15) is 11.6 Å². The molecule has 0 saturated heterocycles. The molecule has 0 aliphatic rings. The van der Waals surface area contributed by atoms with Gasteiger partial charge in [0.25, 0.3) is 5.91 Å². The number of hydrogen-bond donors (Lipinski definition) is 0. The number of rotatable bonds is 6. The largest absolute Gasteiger partial charge is 0.496 e. The number of nitrogens with zero attached hydrogens (tertiary/aromatic N) is 1. The highest BCUT2D eigenvalue weighted by Crippen LogP contribution is 2.26. The maximum Gasteiger partial charge on any atom is 0.254 e. The van der Waals surface area contributed by atoms with Gasteiger partial charge in [-0.1, -0.05) is 60.7 Å².